The summed E-state index contributed by atoms with van der Waals surface area (Å²) in [5.41, 5.74) is 0. The van der Waals surface area contributed by atoms with Gasteiger partial charge in [0.1, 0.15) is 0 Å². The second kappa shape index (κ2) is 9.77. The van der Waals surface area contributed by atoms with Crippen LogP contribution < -0.4 is 0 Å². The molecule has 1 aliphatic rings. The number of hydrogen-bond acceptors (Lipinski definition) is 4. The van der Waals surface area contributed by atoms with Gasteiger partial charge in [-0.3, -0.25) is 4.90 Å². The zero-order valence-electron chi connectivity index (χ0n) is 9.53. The third-order valence-electron chi connectivity index (χ3n) is 1.96. The number of ether oxygens (including phenoxy) is 2. The quantitative estimate of drug-likeness (QED) is 0.578. The van der Waals surface area contributed by atoms with Crippen LogP contribution in [0.2, 0.25) is 0 Å². The van der Waals surface area contributed by atoms with Gasteiger partial charge in [0.15, 0.2) is 0 Å². The third kappa shape index (κ3) is 8.81. The fourth-order valence-electron chi connectivity index (χ4n) is 1.07. The number of rotatable bonds is 3. The molecule has 1 saturated heterocycles. The molecule has 0 bridgehead atoms. The molecule has 0 aromatic carbocycles. The normalized spacial score (nSPS) is 17.8. The molecule has 1 rings (SSSR count). The Morgan fingerprint density at radius 1 is 1.36 bits per heavy atom. The molecule has 86 valence electrons. The molecule has 0 radical (unpaired) electrons. The van der Waals surface area contributed by atoms with Crippen molar-refractivity contribution < 1.29 is 9.47 Å². The zero-order chi connectivity index (χ0) is 10.8. The summed E-state index contributed by atoms with van der Waals surface area (Å²) in [6, 6.07) is 0. The molecular weight excluding hydrogens is 198 g/mol. The fourth-order valence-corrected chi connectivity index (χ4v) is 1.36. The lowest BCUT2D eigenvalue weighted by atomic mass is 10.4. The molecule has 0 aliphatic carbocycles. The van der Waals surface area contributed by atoms with Crippen LogP contribution in [0, 0.1) is 0 Å². The predicted octanol–water partition coefficient (Wildman–Crippen LogP) is 1.64. The van der Waals surface area contributed by atoms with E-state index in [1.54, 1.807) is 0 Å². The van der Waals surface area contributed by atoms with E-state index in [0.29, 0.717) is 12.0 Å². The topological polar surface area (TPSA) is 21.7 Å². The van der Waals surface area contributed by atoms with Crippen molar-refractivity contribution in [1.29, 1.82) is 0 Å². The summed E-state index contributed by atoms with van der Waals surface area (Å²) in [5.74, 6) is 0.525. The SMILES string of the molecule is CC(C)OCS.CCN1CCOCC1. The van der Waals surface area contributed by atoms with Gasteiger partial charge in [-0.25, -0.2) is 0 Å². The van der Waals surface area contributed by atoms with E-state index in [4.69, 9.17) is 9.47 Å². The van der Waals surface area contributed by atoms with Crippen LogP contribution in [0.25, 0.3) is 0 Å². The van der Waals surface area contributed by atoms with Crippen LogP contribution in [-0.4, -0.2) is 49.8 Å². The summed E-state index contributed by atoms with van der Waals surface area (Å²) in [5, 5.41) is 0. The van der Waals surface area contributed by atoms with Crippen LogP contribution in [0.5, 0.6) is 0 Å². The Balaban J connectivity index is 0.000000255. The summed E-state index contributed by atoms with van der Waals surface area (Å²) in [6.07, 6.45) is 0.322. The molecule has 14 heavy (non-hydrogen) atoms. The van der Waals surface area contributed by atoms with Crippen molar-refractivity contribution >= 4 is 12.6 Å². The van der Waals surface area contributed by atoms with E-state index < -0.39 is 0 Å². The molecule has 0 aromatic heterocycles. The van der Waals surface area contributed by atoms with Crippen LogP contribution in [0.3, 0.4) is 0 Å². The highest BCUT2D eigenvalue weighted by Gasteiger charge is 2.05. The highest BCUT2D eigenvalue weighted by Crippen LogP contribution is 1.93. The van der Waals surface area contributed by atoms with Crippen molar-refractivity contribution in [3.8, 4) is 0 Å². The molecule has 0 unspecified atom stereocenters. The number of thiol groups is 1. The number of hydrogen-bond donors (Lipinski definition) is 1. The largest absolute Gasteiger partial charge is 0.379 e. The first-order valence-electron chi connectivity index (χ1n) is 5.23. The van der Waals surface area contributed by atoms with Crippen LogP contribution in [-0.2, 0) is 9.47 Å². The van der Waals surface area contributed by atoms with E-state index in [9.17, 15) is 0 Å². The van der Waals surface area contributed by atoms with Gasteiger partial charge < -0.3 is 9.47 Å². The molecule has 0 saturated carbocycles. The van der Waals surface area contributed by atoms with Gasteiger partial charge in [0.05, 0.1) is 25.3 Å². The Labute approximate surface area is 93.2 Å². The molecular formula is C10H23NO2S. The van der Waals surface area contributed by atoms with Gasteiger partial charge in [0.25, 0.3) is 0 Å². The monoisotopic (exact) mass is 221 g/mol. The van der Waals surface area contributed by atoms with E-state index in [1.807, 2.05) is 13.8 Å². The standard InChI is InChI=1S/C6H13NO.C4H10OS/c1-2-7-3-5-8-6-4-7;1-4(2)5-3-6/h2-6H2,1H3;4,6H,3H2,1-2H3. The molecule has 0 amide bonds. The number of morpholine rings is 1. The van der Waals surface area contributed by atoms with Crippen LogP contribution in [0.1, 0.15) is 20.8 Å². The molecule has 0 aromatic rings. The molecule has 1 heterocycles. The lowest BCUT2D eigenvalue weighted by molar-refractivity contribution is 0.0405. The van der Waals surface area contributed by atoms with Gasteiger partial charge in [-0.2, -0.15) is 12.6 Å². The minimum Gasteiger partial charge on any atom is -0.379 e. The van der Waals surface area contributed by atoms with Crippen LogP contribution in [0.15, 0.2) is 0 Å². The first kappa shape index (κ1) is 14.2. The first-order valence-corrected chi connectivity index (χ1v) is 5.86. The number of likely N-dealkylation sites (N-methyl/N-ethyl adjacent to an activating group) is 1. The van der Waals surface area contributed by atoms with Crippen LogP contribution >= 0.6 is 12.6 Å². The second-order valence-electron chi connectivity index (χ2n) is 3.39. The Morgan fingerprint density at radius 2 is 1.93 bits per heavy atom. The lowest BCUT2D eigenvalue weighted by Gasteiger charge is -2.24. The molecule has 4 heteroatoms. The fraction of sp³-hybridized carbons (Fsp3) is 1.00. The minimum absolute atomic E-state index is 0.322. The Kier molecular flexibility index (Phi) is 9.93. The maximum absolute atomic E-state index is 5.16. The summed E-state index contributed by atoms with van der Waals surface area (Å²) in [7, 11) is 0. The van der Waals surface area contributed by atoms with Gasteiger partial charge in [-0.05, 0) is 20.4 Å². The van der Waals surface area contributed by atoms with E-state index in [2.05, 4.69) is 24.5 Å². The van der Waals surface area contributed by atoms with E-state index >= 15 is 0 Å². The smallest absolute Gasteiger partial charge is 0.0895 e. The Hall–Kier alpha value is 0.230. The summed E-state index contributed by atoms with van der Waals surface area (Å²) < 4.78 is 10.1. The molecule has 3 nitrogen and oxygen atoms in total. The Morgan fingerprint density at radius 3 is 2.14 bits per heavy atom. The summed E-state index contributed by atoms with van der Waals surface area (Å²) in [6.45, 7) is 11.4. The molecule has 0 spiro atoms. The highest BCUT2D eigenvalue weighted by molar-refractivity contribution is 7.80. The maximum atomic E-state index is 5.16. The van der Waals surface area contributed by atoms with Crippen molar-refractivity contribution in [2.45, 2.75) is 26.9 Å². The van der Waals surface area contributed by atoms with E-state index in [0.717, 1.165) is 26.3 Å². The zero-order valence-corrected chi connectivity index (χ0v) is 10.4. The summed E-state index contributed by atoms with van der Waals surface area (Å²) >= 11 is 3.84. The number of nitrogens with zero attached hydrogens (tertiary/aromatic N) is 1. The van der Waals surface area contributed by atoms with E-state index in [-0.39, 0.29) is 0 Å². The van der Waals surface area contributed by atoms with Crippen molar-refractivity contribution in [1.82, 2.24) is 4.90 Å². The molecule has 0 N–H and O–H groups in total. The minimum atomic E-state index is 0.322. The molecule has 1 fully saturated rings. The van der Waals surface area contributed by atoms with E-state index in [1.165, 1.54) is 6.54 Å². The van der Waals surface area contributed by atoms with Crippen molar-refractivity contribution in [3.63, 3.8) is 0 Å². The maximum Gasteiger partial charge on any atom is 0.0895 e. The highest BCUT2D eigenvalue weighted by atomic mass is 32.1. The predicted molar refractivity (Wildman–Crippen MR) is 63.0 cm³/mol. The first-order chi connectivity index (χ1) is 6.70. The van der Waals surface area contributed by atoms with Gasteiger partial charge in [-0.1, -0.05) is 6.92 Å². The van der Waals surface area contributed by atoms with Crippen LogP contribution in [0.4, 0.5) is 0 Å². The Bertz CT molecular complexity index is 117. The van der Waals surface area contributed by atoms with Gasteiger partial charge in [0, 0.05) is 13.1 Å². The molecule has 1 aliphatic heterocycles. The van der Waals surface area contributed by atoms with Crippen molar-refractivity contribution in [2.75, 3.05) is 38.8 Å². The average molecular weight is 221 g/mol. The average Bonchev–Trinajstić information content (AvgIpc) is 2.20. The van der Waals surface area contributed by atoms with Gasteiger partial charge >= 0.3 is 0 Å². The third-order valence-corrected chi connectivity index (χ3v) is 2.11. The molecule has 0 atom stereocenters. The summed E-state index contributed by atoms with van der Waals surface area (Å²) in [4.78, 5) is 2.39. The van der Waals surface area contributed by atoms with Crippen molar-refractivity contribution in [3.05, 3.63) is 0 Å². The van der Waals surface area contributed by atoms with Crippen molar-refractivity contribution in [2.24, 2.45) is 0 Å². The second-order valence-corrected chi connectivity index (χ2v) is 3.65. The van der Waals surface area contributed by atoms with Gasteiger partial charge in [-0.15, -0.1) is 0 Å². The lowest BCUT2D eigenvalue weighted by Crippen LogP contribution is -2.35. The van der Waals surface area contributed by atoms with Gasteiger partial charge in [0.2, 0.25) is 0 Å².